The highest BCUT2D eigenvalue weighted by atomic mass is 16.6. The van der Waals surface area contributed by atoms with Crippen molar-refractivity contribution in [2.45, 2.75) is 221 Å². The van der Waals surface area contributed by atoms with Gasteiger partial charge in [0.2, 0.25) is 0 Å². The third kappa shape index (κ3) is 39.9. The van der Waals surface area contributed by atoms with E-state index in [9.17, 15) is 33.6 Å². The summed E-state index contributed by atoms with van der Waals surface area (Å²) in [5.74, 6) is -2.97. The van der Waals surface area contributed by atoms with E-state index in [1.807, 2.05) is 13.8 Å². The summed E-state index contributed by atoms with van der Waals surface area (Å²) in [6.45, 7) is 11.9. The van der Waals surface area contributed by atoms with E-state index in [0.29, 0.717) is 70.8 Å². The van der Waals surface area contributed by atoms with Gasteiger partial charge in [0.25, 0.3) is 0 Å². The Morgan fingerprint density at radius 1 is 0.299 bits per heavy atom. The van der Waals surface area contributed by atoms with Crippen molar-refractivity contribution in [3.05, 3.63) is 0 Å². The molecule has 0 amide bonds. The number of carbonyl (C=O) groups is 7. The fourth-order valence-electron chi connectivity index (χ4n) is 6.97. The largest absolute Gasteiger partial charge is 0.466 e. The van der Waals surface area contributed by atoms with Crippen molar-refractivity contribution in [3.63, 3.8) is 0 Å². The number of hydrogen-bond donors (Lipinski definition) is 0. The number of carbonyl (C=O) groups excluding carboxylic acids is 7. The Labute approximate surface area is 404 Å². The second-order valence-corrected chi connectivity index (χ2v) is 17.8. The molecular formula is C52H93NO14. The molecule has 0 radical (unpaired) electrons. The number of esters is 7. The maximum absolute atomic E-state index is 13.1. The molecule has 0 fully saturated rings. The topological polar surface area (TPSA) is 187 Å². The molecule has 67 heavy (non-hydrogen) atoms. The summed E-state index contributed by atoms with van der Waals surface area (Å²) in [5.41, 5.74) is -1.43. The van der Waals surface area contributed by atoms with Crippen LogP contribution < -0.4 is 0 Å². The molecule has 0 spiro atoms. The SMILES string of the molecule is CCCCCCCC(=O)OCCCCC(=O)OCC(COC(=O)CCCCOC(=O)CCCCCCC)(COC(=O)CCCCOC(=O)CCCCCCC)COC(=O)CCCN(CC)CC. The minimum Gasteiger partial charge on any atom is -0.466 e. The molecule has 0 bridgehead atoms. The monoisotopic (exact) mass is 956 g/mol. The maximum atomic E-state index is 13.1. The van der Waals surface area contributed by atoms with Crippen LogP contribution in [0.5, 0.6) is 0 Å². The quantitative estimate of drug-likeness (QED) is 0.0318. The van der Waals surface area contributed by atoms with Gasteiger partial charge in [-0.15, -0.1) is 0 Å². The summed E-state index contributed by atoms with van der Waals surface area (Å²) in [4.78, 5) is 90.7. The number of nitrogens with zero attached hydrogens (tertiary/aromatic N) is 1. The van der Waals surface area contributed by atoms with E-state index in [1.54, 1.807) is 0 Å². The van der Waals surface area contributed by atoms with Crippen LogP contribution in [0.4, 0.5) is 0 Å². The van der Waals surface area contributed by atoms with Crippen molar-refractivity contribution in [2.75, 3.05) is 65.9 Å². The summed E-state index contributed by atoms with van der Waals surface area (Å²) in [7, 11) is 0. The third-order valence-electron chi connectivity index (χ3n) is 11.5. The summed E-state index contributed by atoms with van der Waals surface area (Å²) in [6, 6.07) is 0. The zero-order valence-electron chi connectivity index (χ0n) is 42.7. The van der Waals surface area contributed by atoms with Gasteiger partial charge in [0.05, 0.1) is 19.8 Å². The van der Waals surface area contributed by atoms with Gasteiger partial charge in [0.15, 0.2) is 0 Å². The number of rotatable bonds is 47. The van der Waals surface area contributed by atoms with Crippen LogP contribution in [0.25, 0.3) is 0 Å². The van der Waals surface area contributed by atoms with Gasteiger partial charge >= 0.3 is 41.8 Å². The molecule has 0 atom stereocenters. The lowest BCUT2D eigenvalue weighted by Gasteiger charge is -2.31. The number of hydrogen-bond acceptors (Lipinski definition) is 15. The molecular weight excluding hydrogens is 863 g/mol. The normalized spacial score (nSPS) is 11.3. The molecule has 0 aliphatic rings. The van der Waals surface area contributed by atoms with Gasteiger partial charge in [0.1, 0.15) is 31.8 Å². The first-order valence-electron chi connectivity index (χ1n) is 26.3. The summed E-state index contributed by atoms with van der Waals surface area (Å²) < 4.78 is 38.8. The Morgan fingerprint density at radius 3 is 0.806 bits per heavy atom. The molecule has 0 aliphatic heterocycles. The van der Waals surface area contributed by atoms with E-state index < -0.39 is 29.3 Å². The Hall–Kier alpha value is -3.75. The van der Waals surface area contributed by atoms with Crippen molar-refractivity contribution in [3.8, 4) is 0 Å². The lowest BCUT2D eigenvalue weighted by Crippen LogP contribution is -2.44. The van der Waals surface area contributed by atoms with Crippen LogP contribution in [0.3, 0.4) is 0 Å². The minimum absolute atomic E-state index is 0.0161. The van der Waals surface area contributed by atoms with E-state index in [1.165, 1.54) is 0 Å². The van der Waals surface area contributed by atoms with E-state index in [-0.39, 0.29) is 89.8 Å². The second kappa shape index (κ2) is 44.7. The molecule has 15 nitrogen and oxygen atoms in total. The smallest absolute Gasteiger partial charge is 0.305 e. The predicted molar refractivity (Wildman–Crippen MR) is 258 cm³/mol. The number of ether oxygens (including phenoxy) is 7. The van der Waals surface area contributed by atoms with Crippen molar-refractivity contribution >= 4 is 41.8 Å². The van der Waals surface area contributed by atoms with Crippen LogP contribution in [-0.4, -0.2) is 113 Å². The van der Waals surface area contributed by atoms with E-state index >= 15 is 0 Å². The summed E-state index contributed by atoms with van der Waals surface area (Å²) in [6.07, 6.45) is 19.8. The summed E-state index contributed by atoms with van der Waals surface area (Å²) in [5, 5.41) is 0. The zero-order chi connectivity index (χ0) is 49.6. The third-order valence-corrected chi connectivity index (χ3v) is 11.5. The molecule has 0 aliphatic carbocycles. The average Bonchev–Trinajstić information content (AvgIpc) is 3.31. The van der Waals surface area contributed by atoms with Gasteiger partial charge in [-0.3, -0.25) is 33.6 Å². The van der Waals surface area contributed by atoms with Crippen molar-refractivity contribution < 1.29 is 66.7 Å². The van der Waals surface area contributed by atoms with Crippen LogP contribution in [0.2, 0.25) is 0 Å². The molecule has 0 aromatic heterocycles. The highest BCUT2D eigenvalue weighted by molar-refractivity contribution is 5.72. The highest BCUT2D eigenvalue weighted by Gasteiger charge is 2.38. The van der Waals surface area contributed by atoms with Gasteiger partial charge in [-0.25, -0.2) is 0 Å². The first-order valence-corrected chi connectivity index (χ1v) is 26.3. The van der Waals surface area contributed by atoms with Crippen LogP contribution in [0.15, 0.2) is 0 Å². The minimum atomic E-state index is -1.43. The molecule has 0 saturated carbocycles. The summed E-state index contributed by atoms with van der Waals surface area (Å²) >= 11 is 0. The Morgan fingerprint density at radius 2 is 0.537 bits per heavy atom. The molecule has 15 heteroatoms. The lowest BCUT2D eigenvalue weighted by molar-refractivity contribution is -0.171. The zero-order valence-corrected chi connectivity index (χ0v) is 42.7. The fraction of sp³-hybridized carbons (Fsp3) is 0.865. The van der Waals surface area contributed by atoms with Crippen LogP contribution in [0.1, 0.15) is 221 Å². The molecule has 0 rings (SSSR count). The van der Waals surface area contributed by atoms with Gasteiger partial charge in [0, 0.05) is 44.9 Å². The predicted octanol–water partition coefficient (Wildman–Crippen LogP) is 10.5. The van der Waals surface area contributed by atoms with Crippen LogP contribution >= 0.6 is 0 Å². The molecule has 0 unspecified atom stereocenters. The molecule has 0 aromatic rings. The molecule has 0 N–H and O–H groups in total. The Kier molecular flexibility index (Phi) is 42.2. The van der Waals surface area contributed by atoms with Crippen molar-refractivity contribution in [2.24, 2.45) is 5.41 Å². The van der Waals surface area contributed by atoms with Gasteiger partial charge < -0.3 is 38.1 Å². The van der Waals surface area contributed by atoms with E-state index in [0.717, 1.165) is 109 Å². The van der Waals surface area contributed by atoms with Crippen LogP contribution in [-0.2, 0) is 66.7 Å². The highest BCUT2D eigenvalue weighted by Crippen LogP contribution is 2.23. The van der Waals surface area contributed by atoms with Gasteiger partial charge in [-0.1, -0.05) is 112 Å². The Balaban J connectivity index is 5.62. The molecule has 0 heterocycles. The fourth-order valence-corrected chi connectivity index (χ4v) is 6.97. The standard InChI is InChI=1S/C52H93NO14/c1-6-11-14-17-20-30-45(54)61-38-26-23-33-48(57)64-41-52(44-67-51(60)36-29-37-53(9-4)10-5,42-65-49(58)34-24-27-39-62-46(55)31-21-18-15-12-7-2)43-66-50(59)35-25-28-40-63-47(56)32-22-19-16-13-8-3/h6-44H2,1-5H3. The second-order valence-electron chi connectivity index (χ2n) is 17.8. The van der Waals surface area contributed by atoms with E-state index in [4.69, 9.17) is 33.2 Å². The average molecular weight is 956 g/mol. The van der Waals surface area contributed by atoms with Crippen LogP contribution in [0, 0.1) is 5.41 Å². The van der Waals surface area contributed by atoms with Gasteiger partial charge in [-0.05, 0) is 83.8 Å². The van der Waals surface area contributed by atoms with Gasteiger partial charge in [-0.2, -0.15) is 0 Å². The molecule has 390 valence electrons. The molecule has 0 saturated heterocycles. The van der Waals surface area contributed by atoms with E-state index in [2.05, 4.69) is 25.7 Å². The van der Waals surface area contributed by atoms with Crippen molar-refractivity contribution in [1.29, 1.82) is 0 Å². The first-order chi connectivity index (χ1) is 32.4. The van der Waals surface area contributed by atoms with Crippen molar-refractivity contribution in [1.82, 2.24) is 4.90 Å². The number of unbranched alkanes of at least 4 members (excludes halogenated alkanes) is 15. The molecule has 0 aromatic carbocycles. The maximum Gasteiger partial charge on any atom is 0.305 e. The Bertz CT molecular complexity index is 1180. The first kappa shape index (κ1) is 63.2. The lowest BCUT2D eigenvalue weighted by atomic mass is 9.92.